The standard InChI is InChI=1S/C12H18O6P2S2/c1-6-8(3)11(22-5)9(4)7(2)10(6)18-20(16,17)12(21)19(13,14)15/h1-5H3,(H,16,17)(H2,13,14,15). The molecule has 1 atom stereocenters. The summed E-state index contributed by atoms with van der Waals surface area (Å²) in [5.74, 6) is 0.134. The summed E-state index contributed by atoms with van der Waals surface area (Å²) < 4.78 is 27.0. The maximum Gasteiger partial charge on any atom is 0.427 e. The van der Waals surface area contributed by atoms with E-state index in [0.717, 1.165) is 16.0 Å². The summed E-state index contributed by atoms with van der Waals surface area (Å²) in [6.07, 6.45) is 1.93. The van der Waals surface area contributed by atoms with Gasteiger partial charge < -0.3 is 19.2 Å². The zero-order valence-corrected chi connectivity index (χ0v) is 16.2. The highest BCUT2D eigenvalue weighted by Gasteiger charge is 2.41. The number of thiocarbonyl (C=S) groups is 1. The van der Waals surface area contributed by atoms with E-state index >= 15 is 0 Å². The summed E-state index contributed by atoms with van der Waals surface area (Å²) in [7, 11) is -9.78. The molecular formula is C12H18O6P2S2. The fourth-order valence-corrected chi connectivity index (χ4v) is 5.08. The Balaban J connectivity index is 3.45. The van der Waals surface area contributed by atoms with Crippen molar-refractivity contribution in [2.75, 3.05) is 6.26 Å². The lowest BCUT2D eigenvalue weighted by Crippen LogP contribution is -2.07. The highest BCUT2D eigenvalue weighted by Crippen LogP contribution is 2.59. The van der Waals surface area contributed by atoms with Crippen LogP contribution in [0.2, 0.25) is 0 Å². The molecule has 0 saturated carbocycles. The average Bonchev–Trinajstić information content (AvgIpc) is 2.40. The zero-order chi connectivity index (χ0) is 17.5. The van der Waals surface area contributed by atoms with Gasteiger partial charge in [-0.3, -0.25) is 4.57 Å². The largest absolute Gasteiger partial charge is 0.427 e. The Hall–Kier alpha value is -0.200. The molecule has 0 aliphatic heterocycles. The third-order valence-electron chi connectivity index (χ3n) is 3.40. The van der Waals surface area contributed by atoms with Crippen molar-refractivity contribution >= 4 is 43.5 Å². The minimum Gasteiger partial charge on any atom is -0.420 e. The van der Waals surface area contributed by atoms with E-state index in [1.165, 1.54) is 0 Å². The molecule has 10 heteroatoms. The molecule has 0 bridgehead atoms. The first-order valence-electron chi connectivity index (χ1n) is 6.12. The molecule has 1 rings (SSSR count). The Morgan fingerprint density at radius 3 is 1.73 bits per heavy atom. The molecule has 0 aromatic heterocycles. The summed E-state index contributed by atoms with van der Waals surface area (Å²) in [4.78, 5) is 28.8. The molecule has 22 heavy (non-hydrogen) atoms. The highest BCUT2D eigenvalue weighted by atomic mass is 32.2. The summed E-state index contributed by atoms with van der Waals surface area (Å²) in [5.41, 5.74) is 3.03. The van der Waals surface area contributed by atoms with E-state index in [-0.39, 0.29) is 5.75 Å². The number of hydrogen-bond acceptors (Lipinski definition) is 5. The van der Waals surface area contributed by atoms with Crippen molar-refractivity contribution in [3.8, 4) is 5.75 Å². The smallest absolute Gasteiger partial charge is 0.420 e. The van der Waals surface area contributed by atoms with Crippen LogP contribution >= 0.6 is 39.2 Å². The van der Waals surface area contributed by atoms with Crippen LogP contribution in [-0.2, 0) is 9.13 Å². The van der Waals surface area contributed by atoms with Crippen molar-refractivity contribution < 1.29 is 28.3 Å². The topological polar surface area (TPSA) is 104 Å². The van der Waals surface area contributed by atoms with Gasteiger partial charge in [0.1, 0.15) is 5.75 Å². The quantitative estimate of drug-likeness (QED) is 0.401. The first kappa shape index (κ1) is 19.8. The van der Waals surface area contributed by atoms with Crippen molar-refractivity contribution in [1.29, 1.82) is 0 Å². The molecule has 0 aliphatic rings. The van der Waals surface area contributed by atoms with Crippen LogP contribution in [0.4, 0.5) is 0 Å². The van der Waals surface area contributed by atoms with E-state index in [1.807, 2.05) is 20.1 Å². The van der Waals surface area contributed by atoms with Gasteiger partial charge >= 0.3 is 15.2 Å². The maximum atomic E-state index is 12.1. The number of rotatable bonds is 5. The fraction of sp³-hybridized carbons (Fsp3) is 0.417. The molecule has 124 valence electrons. The number of hydrogen-bond donors (Lipinski definition) is 3. The van der Waals surface area contributed by atoms with Crippen LogP contribution in [0, 0.1) is 27.7 Å². The van der Waals surface area contributed by atoms with Gasteiger partial charge in [-0.15, -0.1) is 11.8 Å². The Labute approximate surface area is 139 Å². The lowest BCUT2D eigenvalue weighted by atomic mass is 10.00. The van der Waals surface area contributed by atoms with E-state index in [1.54, 1.807) is 25.6 Å². The zero-order valence-electron chi connectivity index (χ0n) is 12.8. The SMILES string of the molecule is CSc1c(C)c(C)c(OP(=O)(O)C(=S)P(=O)(O)O)c(C)c1C. The van der Waals surface area contributed by atoms with Crippen LogP contribution in [0.15, 0.2) is 4.90 Å². The van der Waals surface area contributed by atoms with Gasteiger partial charge in [-0.25, -0.2) is 4.57 Å². The molecule has 1 aromatic carbocycles. The normalized spacial score (nSPS) is 14.5. The Bertz CT molecular complexity index is 696. The Kier molecular flexibility index (Phi) is 6.07. The second-order valence-electron chi connectivity index (χ2n) is 4.80. The lowest BCUT2D eigenvalue weighted by Gasteiger charge is -2.22. The molecule has 3 N–H and O–H groups in total. The second kappa shape index (κ2) is 6.73. The van der Waals surface area contributed by atoms with Crippen molar-refractivity contribution in [3.63, 3.8) is 0 Å². The van der Waals surface area contributed by atoms with Gasteiger partial charge in [-0.2, -0.15) is 0 Å². The monoisotopic (exact) mass is 384 g/mol. The van der Waals surface area contributed by atoms with E-state index < -0.39 is 19.5 Å². The first-order valence-corrected chi connectivity index (χ1v) is 10.9. The minimum atomic E-state index is -5.00. The predicted molar refractivity (Wildman–Crippen MR) is 92.3 cm³/mol. The van der Waals surface area contributed by atoms with Crippen molar-refractivity contribution in [2.45, 2.75) is 32.6 Å². The van der Waals surface area contributed by atoms with E-state index in [2.05, 4.69) is 12.2 Å². The molecule has 1 aromatic rings. The van der Waals surface area contributed by atoms with Crippen molar-refractivity contribution in [2.24, 2.45) is 0 Å². The number of thioether (sulfide) groups is 1. The summed E-state index contributed by atoms with van der Waals surface area (Å²) in [6, 6.07) is 0. The molecule has 0 aliphatic carbocycles. The van der Waals surface area contributed by atoms with Crippen LogP contribution in [0.3, 0.4) is 0 Å². The van der Waals surface area contributed by atoms with E-state index in [9.17, 15) is 14.0 Å². The summed E-state index contributed by atoms with van der Waals surface area (Å²) in [5, 5.41) is 0. The van der Waals surface area contributed by atoms with Crippen LogP contribution in [0.1, 0.15) is 22.3 Å². The third-order valence-corrected chi connectivity index (χ3v) is 8.78. The van der Waals surface area contributed by atoms with E-state index in [0.29, 0.717) is 11.1 Å². The highest BCUT2D eigenvalue weighted by molar-refractivity contribution is 8.16. The third kappa shape index (κ3) is 3.82. The molecule has 0 heterocycles. The Morgan fingerprint density at radius 2 is 1.41 bits per heavy atom. The molecule has 0 spiro atoms. The van der Waals surface area contributed by atoms with Crippen LogP contribution in [0.5, 0.6) is 5.75 Å². The van der Waals surface area contributed by atoms with Gasteiger partial charge in [0.15, 0.2) is 0 Å². The summed E-state index contributed by atoms with van der Waals surface area (Å²) >= 11 is 5.97. The van der Waals surface area contributed by atoms with Crippen LogP contribution in [-0.4, -0.2) is 25.3 Å². The van der Waals surface area contributed by atoms with Gasteiger partial charge in [0, 0.05) is 4.90 Å². The number of benzene rings is 1. The van der Waals surface area contributed by atoms with Crippen LogP contribution in [0.25, 0.3) is 0 Å². The Morgan fingerprint density at radius 1 is 1.00 bits per heavy atom. The summed E-state index contributed by atoms with van der Waals surface area (Å²) in [6.45, 7) is 7.14. The van der Waals surface area contributed by atoms with Gasteiger partial charge in [-0.1, -0.05) is 12.2 Å². The molecular weight excluding hydrogens is 366 g/mol. The molecule has 0 amide bonds. The average molecular weight is 384 g/mol. The fourth-order valence-electron chi connectivity index (χ4n) is 2.01. The second-order valence-corrected chi connectivity index (χ2v) is 10.2. The molecule has 1 unspecified atom stereocenters. The minimum absolute atomic E-state index is 0.134. The van der Waals surface area contributed by atoms with Crippen molar-refractivity contribution in [1.82, 2.24) is 0 Å². The van der Waals surface area contributed by atoms with Gasteiger partial charge in [0.2, 0.25) is 4.35 Å². The lowest BCUT2D eigenvalue weighted by molar-refractivity contribution is 0.383. The predicted octanol–water partition coefficient (Wildman–Crippen LogP) is 3.67. The van der Waals surface area contributed by atoms with Crippen molar-refractivity contribution in [3.05, 3.63) is 22.3 Å². The first-order chi connectivity index (χ1) is 9.84. The molecule has 6 nitrogen and oxygen atoms in total. The van der Waals surface area contributed by atoms with Gasteiger partial charge in [-0.05, 0) is 56.2 Å². The molecule has 0 fully saturated rings. The van der Waals surface area contributed by atoms with Crippen LogP contribution < -0.4 is 4.52 Å². The molecule has 0 radical (unpaired) electrons. The van der Waals surface area contributed by atoms with Gasteiger partial charge in [0.05, 0.1) is 0 Å². The van der Waals surface area contributed by atoms with E-state index in [4.69, 9.17) is 14.3 Å². The maximum absolute atomic E-state index is 12.1. The van der Waals surface area contributed by atoms with Gasteiger partial charge in [0.25, 0.3) is 0 Å². The molecule has 0 saturated heterocycles.